The van der Waals surface area contributed by atoms with Crippen LogP contribution in [0.3, 0.4) is 0 Å². The van der Waals surface area contributed by atoms with Crippen molar-refractivity contribution < 1.29 is 4.79 Å². The van der Waals surface area contributed by atoms with Crippen LogP contribution in [0.4, 0.5) is 0 Å². The zero-order valence-electron chi connectivity index (χ0n) is 15.5. The molecule has 3 aromatic heterocycles. The van der Waals surface area contributed by atoms with Crippen LogP contribution in [0.1, 0.15) is 49.2 Å². The van der Waals surface area contributed by atoms with Gasteiger partial charge in [0, 0.05) is 18.8 Å². The van der Waals surface area contributed by atoms with E-state index >= 15 is 0 Å². The van der Waals surface area contributed by atoms with Gasteiger partial charge in [0.2, 0.25) is 0 Å². The number of fused-ring (bicyclic) bond motifs is 2. The van der Waals surface area contributed by atoms with Gasteiger partial charge in [0.25, 0.3) is 11.5 Å². The van der Waals surface area contributed by atoms with Gasteiger partial charge < -0.3 is 9.88 Å². The van der Waals surface area contributed by atoms with Gasteiger partial charge in [-0.05, 0) is 44.9 Å². The van der Waals surface area contributed by atoms with E-state index in [1.54, 1.807) is 16.8 Å². The quantitative estimate of drug-likeness (QED) is 0.704. The smallest absolute Gasteiger partial charge is 0.267 e. The molecule has 0 saturated heterocycles. The molecule has 3 rings (SSSR count). The Morgan fingerprint density at radius 1 is 1.35 bits per heavy atom. The molecule has 1 amide bonds. The monoisotopic (exact) mass is 353 g/mol. The molecule has 0 aliphatic rings. The Morgan fingerprint density at radius 2 is 2.08 bits per heavy atom. The van der Waals surface area contributed by atoms with E-state index in [-0.39, 0.29) is 28.6 Å². The molecule has 0 radical (unpaired) electrons. The maximum atomic E-state index is 13.1. The molecule has 0 aliphatic carbocycles. The van der Waals surface area contributed by atoms with E-state index in [4.69, 9.17) is 5.41 Å². The molecule has 2 N–H and O–H groups in total. The third kappa shape index (κ3) is 2.69. The zero-order valence-corrected chi connectivity index (χ0v) is 15.5. The van der Waals surface area contributed by atoms with Crippen molar-refractivity contribution in [2.45, 2.75) is 40.2 Å². The summed E-state index contributed by atoms with van der Waals surface area (Å²) in [6.07, 6.45) is 2.42. The number of nitrogens with one attached hydrogen (secondary N) is 2. The van der Waals surface area contributed by atoms with Crippen LogP contribution in [0.15, 0.2) is 29.2 Å². The third-order valence-electron chi connectivity index (χ3n) is 4.69. The van der Waals surface area contributed by atoms with Crippen LogP contribution >= 0.6 is 0 Å². The summed E-state index contributed by atoms with van der Waals surface area (Å²) >= 11 is 0. The second kappa shape index (κ2) is 6.74. The number of carbonyl (C=O) groups is 1. The first kappa shape index (κ1) is 17.8. The fraction of sp³-hybridized carbons (Fsp3) is 0.368. The molecule has 0 aromatic carbocycles. The molecular weight excluding hydrogens is 330 g/mol. The van der Waals surface area contributed by atoms with Gasteiger partial charge >= 0.3 is 0 Å². The minimum atomic E-state index is -0.356. The lowest BCUT2D eigenvalue weighted by atomic mass is 10.1. The molecule has 0 aliphatic heterocycles. The number of carbonyl (C=O) groups excluding carboxylic acids is 1. The van der Waals surface area contributed by atoms with Crippen molar-refractivity contribution in [2.75, 3.05) is 6.54 Å². The lowest BCUT2D eigenvalue weighted by Gasteiger charge is -2.19. The molecular formula is C19H23N5O2. The minimum Gasteiger partial charge on any atom is -0.352 e. The number of hydrogen-bond donors (Lipinski definition) is 2. The van der Waals surface area contributed by atoms with Gasteiger partial charge in [0.1, 0.15) is 16.8 Å². The highest BCUT2D eigenvalue weighted by atomic mass is 16.1. The summed E-state index contributed by atoms with van der Waals surface area (Å²) in [6, 6.07) is 5.11. The van der Waals surface area contributed by atoms with Crippen molar-refractivity contribution in [3.05, 3.63) is 51.4 Å². The van der Waals surface area contributed by atoms with Gasteiger partial charge in [-0.3, -0.25) is 19.4 Å². The van der Waals surface area contributed by atoms with Crippen LogP contribution in [-0.4, -0.2) is 26.4 Å². The Kier molecular flexibility index (Phi) is 4.63. The van der Waals surface area contributed by atoms with Gasteiger partial charge in [-0.2, -0.15) is 0 Å². The van der Waals surface area contributed by atoms with Crippen LogP contribution in [0, 0.1) is 12.3 Å². The number of amides is 1. The Hall–Kier alpha value is -2.96. The number of rotatable bonds is 4. The van der Waals surface area contributed by atoms with Crippen LogP contribution in [0.5, 0.6) is 0 Å². The zero-order chi connectivity index (χ0) is 19.0. The van der Waals surface area contributed by atoms with Crippen molar-refractivity contribution in [2.24, 2.45) is 0 Å². The van der Waals surface area contributed by atoms with Gasteiger partial charge in [0.05, 0.1) is 10.9 Å². The summed E-state index contributed by atoms with van der Waals surface area (Å²) in [4.78, 5) is 30.2. The van der Waals surface area contributed by atoms with Gasteiger partial charge in [-0.1, -0.05) is 13.0 Å². The van der Waals surface area contributed by atoms with E-state index in [1.807, 2.05) is 33.8 Å². The molecule has 0 bridgehead atoms. The van der Waals surface area contributed by atoms with E-state index in [2.05, 4.69) is 10.3 Å². The highest BCUT2D eigenvalue weighted by molar-refractivity contribution is 5.96. The normalized spacial score (nSPS) is 12.5. The summed E-state index contributed by atoms with van der Waals surface area (Å²) in [7, 11) is 0. The minimum absolute atomic E-state index is 0.0715. The van der Waals surface area contributed by atoms with Crippen molar-refractivity contribution in [1.82, 2.24) is 19.3 Å². The molecule has 7 heteroatoms. The molecule has 26 heavy (non-hydrogen) atoms. The summed E-state index contributed by atoms with van der Waals surface area (Å²) in [6.45, 7) is 8.12. The summed E-state index contributed by atoms with van der Waals surface area (Å²) in [5.74, 6) is -0.356. The molecule has 0 spiro atoms. The fourth-order valence-corrected chi connectivity index (χ4v) is 3.10. The van der Waals surface area contributed by atoms with Crippen LogP contribution in [-0.2, 0) is 0 Å². The first-order valence-corrected chi connectivity index (χ1v) is 8.80. The van der Waals surface area contributed by atoms with Gasteiger partial charge in [-0.15, -0.1) is 0 Å². The number of aromatic nitrogens is 3. The Bertz CT molecular complexity index is 1130. The summed E-state index contributed by atoms with van der Waals surface area (Å²) in [5, 5.41) is 11.6. The maximum absolute atomic E-state index is 13.1. The predicted octanol–water partition coefficient (Wildman–Crippen LogP) is 2.16. The average Bonchev–Trinajstić information content (AvgIpc) is 2.62. The number of pyridine rings is 2. The van der Waals surface area contributed by atoms with E-state index < -0.39 is 0 Å². The Labute approximate surface area is 150 Å². The first-order chi connectivity index (χ1) is 12.4. The molecule has 0 saturated carbocycles. The molecule has 1 unspecified atom stereocenters. The average molecular weight is 353 g/mol. The third-order valence-corrected chi connectivity index (χ3v) is 4.69. The van der Waals surface area contributed by atoms with Crippen molar-refractivity contribution in [3.63, 3.8) is 0 Å². The molecule has 3 heterocycles. The second-order valence-corrected chi connectivity index (χ2v) is 6.43. The molecule has 3 aromatic rings. The van der Waals surface area contributed by atoms with Crippen molar-refractivity contribution in [3.8, 4) is 0 Å². The van der Waals surface area contributed by atoms with Crippen molar-refractivity contribution in [1.29, 1.82) is 5.41 Å². The number of hydrogen-bond acceptors (Lipinski definition) is 4. The first-order valence-electron chi connectivity index (χ1n) is 8.80. The SMILES string of the molecule is CCNC(=O)c1cc2c(=O)n3cccc(C)c3nc2n(C(C)CC)c1=N. The summed E-state index contributed by atoms with van der Waals surface area (Å²) < 4.78 is 3.18. The van der Waals surface area contributed by atoms with Gasteiger partial charge in [-0.25, -0.2) is 4.98 Å². The van der Waals surface area contributed by atoms with Gasteiger partial charge in [0.15, 0.2) is 0 Å². The van der Waals surface area contributed by atoms with Crippen LogP contribution in [0.25, 0.3) is 16.7 Å². The van der Waals surface area contributed by atoms with E-state index in [1.165, 1.54) is 10.5 Å². The van der Waals surface area contributed by atoms with Crippen molar-refractivity contribution >= 4 is 22.6 Å². The highest BCUT2D eigenvalue weighted by Gasteiger charge is 2.19. The summed E-state index contributed by atoms with van der Waals surface area (Å²) in [5.41, 5.74) is 1.90. The van der Waals surface area contributed by atoms with Crippen LogP contribution in [0.2, 0.25) is 0 Å². The molecule has 7 nitrogen and oxygen atoms in total. The van der Waals surface area contributed by atoms with E-state index in [9.17, 15) is 9.59 Å². The molecule has 1 atom stereocenters. The Morgan fingerprint density at radius 3 is 2.73 bits per heavy atom. The topological polar surface area (TPSA) is 92.2 Å². The Balaban J connectivity index is 2.53. The lowest BCUT2D eigenvalue weighted by Crippen LogP contribution is -2.36. The molecule has 136 valence electrons. The number of aryl methyl sites for hydroxylation is 1. The lowest BCUT2D eigenvalue weighted by molar-refractivity contribution is 0.0953. The highest BCUT2D eigenvalue weighted by Crippen LogP contribution is 2.17. The molecule has 0 fully saturated rings. The second-order valence-electron chi connectivity index (χ2n) is 6.43. The maximum Gasteiger partial charge on any atom is 0.267 e. The standard InChI is InChI=1S/C19H23N5O2/c1-5-12(4)24-15(20)13(18(25)21-6-2)10-14-17(24)22-16-11(3)8-7-9-23(16)19(14)26/h7-10,12,20H,5-6H2,1-4H3,(H,21,25). The predicted molar refractivity (Wildman–Crippen MR) is 101 cm³/mol. The van der Waals surface area contributed by atoms with E-state index in [0.29, 0.717) is 23.2 Å². The van der Waals surface area contributed by atoms with E-state index in [0.717, 1.165) is 12.0 Å². The fourth-order valence-electron chi connectivity index (χ4n) is 3.10. The van der Waals surface area contributed by atoms with Crippen LogP contribution < -0.4 is 16.4 Å². The largest absolute Gasteiger partial charge is 0.352 e. The number of nitrogens with zero attached hydrogens (tertiary/aromatic N) is 3.